The first-order chi connectivity index (χ1) is 14.8. The fourth-order valence-electron chi connectivity index (χ4n) is 5.09. The van der Waals surface area contributed by atoms with Crippen LogP contribution in [0.15, 0.2) is 42.7 Å². The van der Waals surface area contributed by atoms with E-state index in [1.807, 2.05) is 24.4 Å². The Morgan fingerprint density at radius 3 is 2.80 bits per heavy atom. The Morgan fingerprint density at radius 2 is 1.93 bits per heavy atom. The zero-order valence-electron chi connectivity index (χ0n) is 17.1. The lowest BCUT2D eigenvalue weighted by atomic mass is 9.80. The van der Waals surface area contributed by atoms with Crippen LogP contribution in [-0.4, -0.2) is 37.3 Å². The highest BCUT2D eigenvalue weighted by Crippen LogP contribution is 2.40. The first kappa shape index (κ1) is 19.9. The Labute approximate surface area is 177 Å². The van der Waals surface area contributed by atoms with Crippen molar-refractivity contribution in [1.82, 2.24) is 26.5 Å². The number of nitrogens with zero attached hydrogens (tertiary/aromatic N) is 1. The van der Waals surface area contributed by atoms with E-state index in [9.17, 15) is 4.39 Å². The van der Waals surface area contributed by atoms with Crippen LogP contribution < -0.4 is 26.2 Å². The molecule has 3 saturated heterocycles. The Morgan fingerprint density at radius 1 is 1.07 bits per heavy atom. The molecule has 1 aromatic heterocycles. The van der Waals surface area contributed by atoms with Crippen LogP contribution in [0.4, 0.5) is 4.39 Å². The van der Waals surface area contributed by atoms with Crippen LogP contribution in [0, 0.1) is 17.7 Å². The normalized spacial score (nSPS) is 29.5. The van der Waals surface area contributed by atoms with E-state index in [1.165, 1.54) is 6.07 Å². The predicted molar refractivity (Wildman–Crippen MR) is 113 cm³/mol. The van der Waals surface area contributed by atoms with E-state index >= 15 is 0 Å². The van der Waals surface area contributed by atoms with Crippen LogP contribution in [0.25, 0.3) is 0 Å². The molecule has 0 aliphatic carbocycles. The molecule has 5 rings (SSSR count). The predicted octanol–water partition coefficient (Wildman–Crippen LogP) is 2.47. The molecule has 0 saturated carbocycles. The Balaban J connectivity index is 1.31. The molecule has 4 N–H and O–H groups in total. The minimum Gasteiger partial charge on any atom is -0.493 e. The quantitative estimate of drug-likeness (QED) is 0.606. The standard InChI is InChI=1S/C23H30FN5O/c24-19-4-2-1-3-16(19)23-17-11-20(27-13-21(17)28-29-23)18-12-26-10-7-22(18)30-14-15-5-8-25-9-6-15/h1-4,7,10,12,15,17,20-21,23,25,27-29H,5-6,8-9,11,13-14H2. The van der Waals surface area contributed by atoms with Gasteiger partial charge in [0.15, 0.2) is 0 Å². The number of aromatic nitrogens is 1. The maximum absolute atomic E-state index is 14.4. The van der Waals surface area contributed by atoms with Crippen LogP contribution >= 0.6 is 0 Å². The largest absolute Gasteiger partial charge is 0.493 e. The molecule has 4 heterocycles. The minimum atomic E-state index is -0.153. The maximum atomic E-state index is 14.4. The van der Waals surface area contributed by atoms with Crippen LogP contribution in [0.1, 0.15) is 42.5 Å². The minimum absolute atomic E-state index is 0.0448. The van der Waals surface area contributed by atoms with Crippen molar-refractivity contribution in [2.24, 2.45) is 11.8 Å². The van der Waals surface area contributed by atoms with Crippen LogP contribution in [-0.2, 0) is 0 Å². The zero-order chi connectivity index (χ0) is 20.3. The van der Waals surface area contributed by atoms with Crippen LogP contribution in [0.5, 0.6) is 5.75 Å². The molecule has 30 heavy (non-hydrogen) atoms. The van der Waals surface area contributed by atoms with E-state index in [2.05, 4.69) is 26.5 Å². The number of halogens is 1. The molecule has 160 valence electrons. The molecule has 0 amide bonds. The smallest absolute Gasteiger partial charge is 0.128 e. The second-order valence-corrected chi connectivity index (χ2v) is 8.67. The molecule has 6 nitrogen and oxygen atoms in total. The van der Waals surface area contributed by atoms with Crippen LogP contribution in [0.3, 0.4) is 0 Å². The summed E-state index contributed by atoms with van der Waals surface area (Å²) in [6.07, 6.45) is 6.93. The number of fused-ring (bicyclic) bond motifs is 1. The van der Waals surface area contributed by atoms with Crippen molar-refractivity contribution in [3.05, 3.63) is 59.7 Å². The van der Waals surface area contributed by atoms with E-state index in [1.54, 1.807) is 12.3 Å². The Hall–Kier alpha value is -2.06. The average Bonchev–Trinajstić information content (AvgIpc) is 3.22. The molecular weight excluding hydrogens is 381 g/mol. The Bertz CT molecular complexity index is 859. The average molecular weight is 412 g/mol. The summed E-state index contributed by atoms with van der Waals surface area (Å²) < 4.78 is 20.7. The van der Waals surface area contributed by atoms with Gasteiger partial charge in [-0.05, 0) is 56.3 Å². The number of nitrogens with one attached hydrogen (secondary N) is 4. The summed E-state index contributed by atoms with van der Waals surface area (Å²) in [4.78, 5) is 4.37. The first-order valence-corrected chi connectivity index (χ1v) is 11.1. The van der Waals surface area contributed by atoms with Gasteiger partial charge in [-0.25, -0.2) is 9.82 Å². The summed E-state index contributed by atoms with van der Waals surface area (Å²) in [5.74, 6) is 1.65. The van der Waals surface area contributed by atoms with Gasteiger partial charge in [-0.2, -0.15) is 0 Å². The number of hydrazine groups is 1. The number of ether oxygens (including phenoxy) is 1. The van der Waals surface area contributed by atoms with Crippen LogP contribution in [0.2, 0.25) is 0 Å². The van der Waals surface area contributed by atoms with E-state index in [4.69, 9.17) is 4.74 Å². The van der Waals surface area contributed by atoms with Gasteiger partial charge in [-0.3, -0.25) is 10.4 Å². The van der Waals surface area contributed by atoms with Crippen molar-refractivity contribution < 1.29 is 9.13 Å². The molecular formula is C23H30FN5O. The number of rotatable bonds is 5. The third-order valence-corrected chi connectivity index (χ3v) is 6.82. The van der Waals surface area contributed by atoms with Crippen molar-refractivity contribution in [3.8, 4) is 5.75 Å². The highest BCUT2D eigenvalue weighted by Gasteiger charge is 2.42. The van der Waals surface area contributed by atoms with E-state index in [0.29, 0.717) is 5.92 Å². The zero-order valence-corrected chi connectivity index (χ0v) is 17.1. The topological polar surface area (TPSA) is 70.2 Å². The van der Waals surface area contributed by atoms with Gasteiger partial charge in [0.2, 0.25) is 0 Å². The monoisotopic (exact) mass is 411 g/mol. The van der Waals surface area contributed by atoms with E-state index in [0.717, 1.165) is 62.4 Å². The first-order valence-electron chi connectivity index (χ1n) is 11.1. The van der Waals surface area contributed by atoms with Gasteiger partial charge in [0.05, 0.1) is 12.6 Å². The van der Waals surface area contributed by atoms with Gasteiger partial charge in [-0.1, -0.05) is 18.2 Å². The molecule has 2 aromatic rings. The third kappa shape index (κ3) is 4.07. The third-order valence-electron chi connectivity index (χ3n) is 6.82. The van der Waals surface area contributed by atoms with Gasteiger partial charge in [0, 0.05) is 42.1 Å². The molecule has 0 bridgehead atoms. The molecule has 4 unspecified atom stereocenters. The van der Waals surface area contributed by atoms with Gasteiger partial charge >= 0.3 is 0 Å². The SMILES string of the molecule is Fc1ccccc1C1NNC2CNC(c3cnccc3OCC3CCNCC3)CC21. The molecule has 3 aliphatic rings. The summed E-state index contributed by atoms with van der Waals surface area (Å²) in [7, 11) is 0. The lowest BCUT2D eigenvalue weighted by Crippen LogP contribution is -2.46. The summed E-state index contributed by atoms with van der Waals surface area (Å²) in [6.45, 7) is 3.71. The highest BCUT2D eigenvalue weighted by molar-refractivity contribution is 5.34. The summed E-state index contributed by atoms with van der Waals surface area (Å²) in [5, 5.41) is 7.05. The van der Waals surface area contributed by atoms with Crippen molar-refractivity contribution in [2.45, 2.75) is 37.4 Å². The molecule has 7 heteroatoms. The number of benzene rings is 1. The van der Waals surface area contributed by atoms with E-state index in [-0.39, 0.29) is 29.9 Å². The van der Waals surface area contributed by atoms with Crippen molar-refractivity contribution >= 4 is 0 Å². The van der Waals surface area contributed by atoms with Gasteiger partial charge in [0.1, 0.15) is 11.6 Å². The highest BCUT2D eigenvalue weighted by atomic mass is 19.1. The fraction of sp³-hybridized carbons (Fsp3) is 0.522. The number of piperidine rings is 2. The summed E-state index contributed by atoms with van der Waals surface area (Å²) >= 11 is 0. The van der Waals surface area contributed by atoms with Crippen molar-refractivity contribution in [1.29, 1.82) is 0 Å². The Kier molecular flexibility index (Phi) is 5.95. The number of hydrogen-bond acceptors (Lipinski definition) is 6. The molecule has 3 fully saturated rings. The lowest BCUT2D eigenvalue weighted by Gasteiger charge is -2.35. The molecule has 3 aliphatic heterocycles. The van der Waals surface area contributed by atoms with Crippen molar-refractivity contribution in [3.63, 3.8) is 0 Å². The van der Waals surface area contributed by atoms with Gasteiger partial charge < -0.3 is 15.4 Å². The number of hydrogen-bond donors (Lipinski definition) is 4. The van der Waals surface area contributed by atoms with Crippen molar-refractivity contribution in [2.75, 3.05) is 26.2 Å². The van der Waals surface area contributed by atoms with Gasteiger partial charge in [0.25, 0.3) is 0 Å². The summed E-state index contributed by atoms with van der Waals surface area (Å²) in [5.41, 5.74) is 8.51. The molecule has 0 spiro atoms. The second kappa shape index (κ2) is 8.98. The second-order valence-electron chi connectivity index (χ2n) is 8.67. The molecule has 1 aromatic carbocycles. The number of pyridine rings is 1. The van der Waals surface area contributed by atoms with E-state index < -0.39 is 0 Å². The fourth-order valence-corrected chi connectivity index (χ4v) is 5.09. The molecule has 4 atom stereocenters. The summed E-state index contributed by atoms with van der Waals surface area (Å²) in [6, 6.07) is 9.40. The molecule has 0 radical (unpaired) electrons. The lowest BCUT2D eigenvalue weighted by molar-refractivity contribution is 0.207. The van der Waals surface area contributed by atoms with Gasteiger partial charge in [-0.15, -0.1) is 0 Å². The maximum Gasteiger partial charge on any atom is 0.128 e.